The van der Waals surface area contributed by atoms with Gasteiger partial charge in [0.2, 0.25) is 0 Å². The van der Waals surface area contributed by atoms with E-state index in [9.17, 15) is 0 Å². The number of ether oxygens (including phenoxy) is 1. The van der Waals surface area contributed by atoms with E-state index in [1.807, 2.05) is 48.3 Å². The highest BCUT2D eigenvalue weighted by molar-refractivity contribution is 5.79. The van der Waals surface area contributed by atoms with Gasteiger partial charge in [-0.1, -0.05) is 19.1 Å². The number of nitrogen functional groups attached to an aromatic ring is 1. The van der Waals surface area contributed by atoms with Crippen molar-refractivity contribution in [2.45, 2.75) is 13.3 Å². The predicted octanol–water partition coefficient (Wildman–Crippen LogP) is 3.70. The molecule has 2 rings (SSSR count). The molecule has 2 aromatic carbocycles. The third-order valence-corrected chi connectivity index (χ3v) is 3.23. The second-order valence-corrected chi connectivity index (χ2v) is 4.76. The van der Waals surface area contributed by atoms with Crippen molar-refractivity contribution in [2.75, 3.05) is 24.3 Å². The fourth-order valence-corrected chi connectivity index (χ4v) is 2.09. The largest absolute Gasteiger partial charge is 0.491 e. The Morgan fingerprint density at radius 2 is 2.00 bits per heavy atom. The molecular weight excluding hydrogens is 262 g/mol. The average molecular weight is 281 g/mol. The van der Waals surface area contributed by atoms with Crippen molar-refractivity contribution < 1.29 is 4.74 Å². The van der Waals surface area contributed by atoms with Crippen LogP contribution in [-0.4, -0.2) is 13.7 Å². The summed E-state index contributed by atoms with van der Waals surface area (Å²) >= 11 is 0. The van der Waals surface area contributed by atoms with Gasteiger partial charge in [-0.25, -0.2) is 0 Å². The predicted molar refractivity (Wildman–Crippen MR) is 85.9 cm³/mol. The topological polar surface area (TPSA) is 62.3 Å². The summed E-state index contributed by atoms with van der Waals surface area (Å²) < 4.78 is 5.65. The van der Waals surface area contributed by atoms with Gasteiger partial charge >= 0.3 is 0 Å². The molecule has 0 aliphatic rings. The molecule has 2 N–H and O–H groups in total. The lowest BCUT2D eigenvalue weighted by atomic mass is 10.1. The number of hydrogen-bond acceptors (Lipinski definition) is 4. The third kappa shape index (κ3) is 3.26. The Balaban J connectivity index is 2.34. The van der Waals surface area contributed by atoms with Gasteiger partial charge in [0.25, 0.3) is 0 Å². The Labute approximate surface area is 125 Å². The van der Waals surface area contributed by atoms with E-state index < -0.39 is 0 Å². The molecule has 4 heteroatoms. The summed E-state index contributed by atoms with van der Waals surface area (Å²) in [6, 6.07) is 15.3. The third-order valence-electron chi connectivity index (χ3n) is 3.23. The van der Waals surface area contributed by atoms with Gasteiger partial charge in [-0.05, 0) is 36.8 Å². The fourth-order valence-electron chi connectivity index (χ4n) is 2.09. The van der Waals surface area contributed by atoms with E-state index in [-0.39, 0.29) is 0 Å². The number of nitrogens with zero attached hydrogens (tertiary/aromatic N) is 2. The van der Waals surface area contributed by atoms with Crippen LogP contribution in [0.25, 0.3) is 0 Å². The Morgan fingerprint density at radius 3 is 2.71 bits per heavy atom. The standard InChI is InChI=1S/C17H19N3O/c1-3-10-21-16-9-5-8-15(17(16)19)20(2)14-7-4-6-13(11-14)12-18/h4-9,11H,3,10,19H2,1-2H3. The van der Waals surface area contributed by atoms with Crippen molar-refractivity contribution in [3.05, 3.63) is 48.0 Å². The molecule has 0 spiro atoms. The highest BCUT2D eigenvalue weighted by atomic mass is 16.5. The van der Waals surface area contributed by atoms with Gasteiger partial charge in [0.05, 0.1) is 29.6 Å². The first-order valence-corrected chi connectivity index (χ1v) is 6.92. The summed E-state index contributed by atoms with van der Waals surface area (Å²) in [4.78, 5) is 1.95. The monoisotopic (exact) mass is 281 g/mol. The summed E-state index contributed by atoms with van der Waals surface area (Å²) in [6.45, 7) is 2.70. The number of nitrogens with two attached hydrogens (primary N) is 1. The second-order valence-electron chi connectivity index (χ2n) is 4.76. The van der Waals surface area contributed by atoms with Crippen LogP contribution in [0.3, 0.4) is 0 Å². The summed E-state index contributed by atoms with van der Waals surface area (Å²) in [5.74, 6) is 0.692. The van der Waals surface area contributed by atoms with Gasteiger partial charge < -0.3 is 15.4 Å². The molecule has 0 heterocycles. The SMILES string of the molecule is CCCOc1cccc(N(C)c2cccc(C#N)c2)c1N. The Bertz CT molecular complexity index is 661. The van der Waals surface area contributed by atoms with E-state index in [0.29, 0.717) is 23.6 Å². The molecule has 4 nitrogen and oxygen atoms in total. The highest BCUT2D eigenvalue weighted by Crippen LogP contribution is 2.35. The van der Waals surface area contributed by atoms with E-state index >= 15 is 0 Å². The summed E-state index contributed by atoms with van der Waals surface area (Å²) in [5, 5.41) is 9.00. The lowest BCUT2D eigenvalue weighted by Crippen LogP contribution is -2.12. The van der Waals surface area contributed by atoms with Crippen molar-refractivity contribution >= 4 is 17.1 Å². The van der Waals surface area contributed by atoms with Crippen LogP contribution >= 0.6 is 0 Å². The number of hydrogen-bond donors (Lipinski definition) is 1. The maximum atomic E-state index is 9.00. The minimum Gasteiger partial charge on any atom is -0.491 e. The number of anilines is 3. The molecule has 0 fully saturated rings. The maximum absolute atomic E-state index is 9.00. The normalized spacial score (nSPS) is 9.95. The number of para-hydroxylation sites is 1. The van der Waals surface area contributed by atoms with Crippen LogP contribution in [0.2, 0.25) is 0 Å². The molecule has 0 bridgehead atoms. The molecule has 0 radical (unpaired) electrons. The Morgan fingerprint density at radius 1 is 1.24 bits per heavy atom. The van der Waals surface area contributed by atoms with E-state index in [2.05, 4.69) is 13.0 Å². The van der Waals surface area contributed by atoms with Crippen LogP contribution in [0, 0.1) is 11.3 Å². The summed E-state index contributed by atoms with van der Waals surface area (Å²) in [7, 11) is 1.92. The van der Waals surface area contributed by atoms with Gasteiger partial charge in [0.1, 0.15) is 5.75 Å². The molecule has 0 unspecified atom stereocenters. The zero-order valence-corrected chi connectivity index (χ0v) is 12.3. The molecule has 0 saturated carbocycles. The van der Waals surface area contributed by atoms with Crippen molar-refractivity contribution in [3.63, 3.8) is 0 Å². The number of rotatable bonds is 5. The minimum absolute atomic E-state index is 0.607. The number of benzene rings is 2. The van der Waals surface area contributed by atoms with E-state index in [1.54, 1.807) is 6.07 Å². The molecule has 2 aromatic rings. The molecule has 21 heavy (non-hydrogen) atoms. The minimum atomic E-state index is 0.607. The van der Waals surface area contributed by atoms with Crippen LogP contribution in [0.15, 0.2) is 42.5 Å². The quantitative estimate of drug-likeness (QED) is 0.849. The lowest BCUT2D eigenvalue weighted by molar-refractivity contribution is 0.319. The Kier molecular flexibility index (Phi) is 4.68. The van der Waals surface area contributed by atoms with Crippen LogP contribution < -0.4 is 15.4 Å². The average Bonchev–Trinajstić information content (AvgIpc) is 2.53. The van der Waals surface area contributed by atoms with E-state index in [0.717, 1.165) is 17.8 Å². The van der Waals surface area contributed by atoms with Gasteiger partial charge in [0.15, 0.2) is 0 Å². The zero-order chi connectivity index (χ0) is 15.2. The van der Waals surface area contributed by atoms with Crippen LogP contribution in [0.1, 0.15) is 18.9 Å². The second kappa shape index (κ2) is 6.67. The molecule has 0 aromatic heterocycles. The fraction of sp³-hybridized carbons (Fsp3) is 0.235. The molecule has 0 amide bonds. The van der Waals surface area contributed by atoms with Gasteiger partial charge in [-0.3, -0.25) is 0 Å². The number of nitriles is 1. The van der Waals surface area contributed by atoms with Gasteiger partial charge in [-0.15, -0.1) is 0 Å². The maximum Gasteiger partial charge on any atom is 0.144 e. The Hall–Kier alpha value is -2.67. The summed E-state index contributed by atoms with van der Waals surface area (Å²) in [5.41, 5.74) is 9.20. The first-order chi connectivity index (χ1) is 10.2. The van der Waals surface area contributed by atoms with Crippen molar-refractivity contribution in [2.24, 2.45) is 0 Å². The van der Waals surface area contributed by atoms with Gasteiger partial charge in [-0.2, -0.15) is 5.26 Å². The smallest absolute Gasteiger partial charge is 0.144 e. The molecule has 0 aliphatic carbocycles. The van der Waals surface area contributed by atoms with Crippen molar-refractivity contribution in [3.8, 4) is 11.8 Å². The molecular formula is C17H19N3O. The summed E-state index contributed by atoms with van der Waals surface area (Å²) in [6.07, 6.45) is 0.934. The molecule has 0 aliphatic heterocycles. The van der Waals surface area contributed by atoms with E-state index in [4.69, 9.17) is 15.7 Å². The van der Waals surface area contributed by atoms with E-state index in [1.165, 1.54) is 0 Å². The zero-order valence-electron chi connectivity index (χ0n) is 12.3. The lowest BCUT2D eigenvalue weighted by Gasteiger charge is -2.22. The first kappa shape index (κ1) is 14.7. The highest BCUT2D eigenvalue weighted by Gasteiger charge is 2.11. The first-order valence-electron chi connectivity index (χ1n) is 6.92. The molecule has 108 valence electrons. The molecule has 0 saturated heterocycles. The van der Waals surface area contributed by atoms with Gasteiger partial charge in [0, 0.05) is 12.7 Å². The van der Waals surface area contributed by atoms with Crippen LogP contribution in [0.4, 0.5) is 17.1 Å². The molecule has 0 atom stereocenters. The van der Waals surface area contributed by atoms with Crippen molar-refractivity contribution in [1.82, 2.24) is 0 Å². The van der Waals surface area contributed by atoms with Crippen LogP contribution in [0.5, 0.6) is 5.75 Å². The van der Waals surface area contributed by atoms with Crippen LogP contribution in [-0.2, 0) is 0 Å². The van der Waals surface area contributed by atoms with Crippen molar-refractivity contribution in [1.29, 1.82) is 5.26 Å².